The number of carbonyl (C=O) groups is 1. The molecule has 114 valence electrons. The molecule has 3 heteroatoms. The Hall–Kier alpha value is -1.51. The molecular weight excluding hydrogens is 260 g/mol. The fourth-order valence-corrected chi connectivity index (χ4v) is 3.21. The standard InChI is InChI=1S/C18H26N2O/c1-12-4-3-5-17(13(12)2)19-15-8-6-14(7-9-15)18(21)20-16-10-11-16/h6-9,12-13,16-17,19H,3-5,10-11H2,1-2H3,(H,20,21). The van der Waals surface area contributed by atoms with Crippen molar-refractivity contribution in [2.75, 3.05) is 5.32 Å². The van der Waals surface area contributed by atoms with Crippen LogP contribution in [0.15, 0.2) is 24.3 Å². The molecule has 3 atom stereocenters. The van der Waals surface area contributed by atoms with Gasteiger partial charge in [0.05, 0.1) is 0 Å². The summed E-state index contributed by atoms with van der Waals surface area (Å²) in [6, 6.07) is 8.90. The lowest BCUT2D eigenvalue weighted by molar-refractivity contribution is 0.0951. The largest absolute Gasteiger partial charge is 0.382 e. The predicted octanol–water partition coefficient (Wildman–Crippen LogP) is 3.82. The van der Waals surface area contributed by atoms with Crippen LogP contribution in [0.2, 0.25) is 0 Å². The molecule has 0 spiro atoms. The number of carbonyl (C=O) groups excluding carboxylic acids is 1. The van der Waals surface area contributed by atoms with Crippen molar-refractivity contribution in [3.05, 3.63) is 29.8 Å². The number of hydrogen-bond donors (Lipinski definition) is 2. The first kappa shape index (κ1) is 14.4. The van der Waals surface area contributed by atoms with Crippen LogP contribution >= 0.6 is 0 Å². The van der Waals surface area contributed by atoms with E-state index >= 15 is 0 Å². The molecule has 2 N–H and O–H groups in total. The average molecular weight is 286 g/mol. The van der Waals surface area contributed by atoms with Crippen molar-refractivity contribution in [2.24, 2.45) is 11.8 Å². The number of nitrogens with one attached hydrogen (secondary N) is 2. The highest BCUT2D eigenvalue weighted by Gasteiger charge is 2.27. The second-order valence-electron chi connectivity index (χ2n) is 6.84. The molecule has 1 aromatic carbocycles. The summed E-state index contributed by atoms with van der Waals surface area (Å²) < 4.78 is 0. The molecule has 0 aromatic heterocycles. The Morgan fingerprint density at radius 3 is 2.43 bits per heavy atom. The second kappa shape index (κ2) is 6.08. The highest BCUT2D eigenvalue weighted by Crippen LogP contribution is 2.31. The van der Waals surface area contributed by atoms with Crippen molar-refractivity contribution in [1.29, 1.82) is 0 Å². The van der Waals surface area contributed by atoms with E-state index in [9.17, 15) is 4.79 Å². The first-order valence-corrected chi connectivity index (χ1v) is 8.31. The summed E-state index contributed by atoms with van der Waals surface area (Å²) in [6.07, 6.45) is 6.16. The fraction of sp³-hybridized carbons (Fsp3) is 0.611. The summed E-state index contributed by atoms with van der Waals surface area (Å²) in [5.41, 5.74) is 1.89. The SMILES string of the molecule is CC1CCCC(Nc2ccc(C(=O)NC3CC3)cc2)C1C. The van der Waals surface area contributed by atoms with Gasteiger partial charge in [-0.1, -0.05) is 26.7 Å². The van der Waals surface area contributed by atoms with Crippen LogP contribution in [0, 0.1) is 11.8 Å². The predicted molar refractivity (Wildman–Crippen MR) is 86.5 cm³/mol. The van der Waals surface area contributed by atoms with Crippen LogP contribution in [0.1, 0.15) is 56.3 Å². The van der Waals surface area contributed by atoms with Gasteiger partial charge in [-0.3, -0.25) is 4.79 Å². The van der Waals surface area contributed by atoms with Crippen LogP contribution in [0.3, 0.4) is 0 Å². The van der Waals surface area contributed by atoms with Crippen LogP contribution in [0.25, 0.3) is 0 Å². The van der Waals surface area contributed by atoms with Crippen LogP contribution in [0.5, 0.6) is 0 Å². The maximum Gasteiger partial charge on any atom is 0.251 e. The van der Waals surface area contributed by atoms with Gasteiger partial charge in [0.15, 0.2) is 0 Å². The van der Waals surface area contributed by atoms with E-state index in [2.05, 4.69) is 24.5 Å². The molecular formula is C18H26N2O. The van der Waals surface area contributed by atoms with Gasteiger partial charge in [0.1, 0.15) is 0 Å². The third-order valence-corrected chi connectivity index (χ3v) is 5.12. The number of rotatable bonds is 4. The molecule has 0 aliphatic heterocycles. The minimum Gasteiger partial charge on any atom is -0.382 e. The molecule has 0 saturated heterocycles. The second-order valence-corrected chi connectivity index (χ2v) is 6.84. The van der Waals surface area contributed by atoms with Crippen molar-refractivity contribution in [3.63, 3.8) is 0 Å². The fourth-order valence-electron chi connectivity index (χ4n) is 3.21. The van der Waals surface area contributed by atoms with E-state index in [1.54, 1.807) is 0 Å². The Morgan fingerprint density at radius 1 is 1.05 bits per heavy atom. The summed E-state index contributed by atoms with van der Waals surface area (Å²) in [5, 5.41) is 6.67. The highest BCUT2D eigenvalue weighted by atomic mass is 16.1. The van der Waals surface area contributed by atoms with Gasteiger partial charge in [0, 0.05) is 23.3 Å². The first-order valence-electron chi connectivity index (χ1n) is 8.31. The Morgan fingerprint density at radius 2 is 1.76 bits per heavy atom. The van der Waals surface area contributed by atoms with Crippen molar-refractivity contribution < 1.29 is 4.79 Å². The molecule has 1 aromatic rings. The molecule has 2 saturated carbocycles. The monoisotopic (exact) mass is 286 g/mol. The Balaban J connectivity index is 1.59. The Bertz CT molecular complexity index is 492. The number of anilines is 1. The molecule has 21 heavy (non-hydrogen) atoms. The number of benzene rings is 1. The van der Waals surface area contributed by atoms with E-state index in [1.165, 1.54) is 19.3 Å². The minimum atomic E-state index is 0.0590. The maximum absolute atomic E-state index is 12.0. The van der Waals surface area contributed by atoms with E-state index < -0.39 is 0 Å². The van der Waals surface area contributed by atoms with Crippen LogP contribution in [0.4, 0.5) is 5.69 Å². The van der Waals surface area contributed by atoms with Gasteiger partial charge in [0.25, 0.3) is 5.91 Å². The zero-order valence-electron chi connectivity index (χ0n) is 13.1. The van der Waals surface area contributed by atoms with E-state index in [4.69, 9.17) is 0 Å². The molecule has 2 fully saturated rings. The summed E-state index contributed by atoms with van der Waals surface area (Å²) in [7, 11) is 0. The lowest BCUT2D eigenvalue weighted by Gasteiger charge is -2.35. The topological polar surface area (TPSA) is 41.1 Å². The third kappa shape index (κ3) is 3.58. The maximum atomic E-state index is 12.0. The molecule has 1 amide bonds. The van der Waals surface area contributed by atoms with Gasteiger partial charge < -0.3 is 10.6 Å². The van der Waals surface area contributed by atoms with Gasteiger partial charge in [-0.2, -0.15) is 0 Å². The molecule has 3 nitrogen and oxygen atoms in total. The van der Waals surface area contributed by atoms with Crippen LogP contribution in [-0.2, 0) is 0 Å². The summed E-state index contributed by atoms with van der Waals surface area (Å²) in [4.78, 5) is 12.0. The van der Waals surface area contributed by atoms with E-state index in [0.717, 1.165) is 30.0 Å². The number of hydrogen-bond acceptors (Lipinski definition) is 2. The zero-order chi connectivity index (χ0) is 14.8. The van der Waals surface area contributed by atoms with E-state index in [1.807, 2.05) is 24.3 Å². The molecule has 2 aliphatic carbocycles. The van der Waals surface area contributed by atoms with Crippen molar-refractivity contribution in [2.45, 2.75) is 58.0 Å². The third-order valence-electron chi connectivity index (χ3n) is 5.12. The molecule has 3 unspecified atom stereocenters. The smallest absolute Gasteiger partial charge is 0.251 e. The van der Waals surface area contributed by atoms with E-state index in [-0.39, 0.29) is 5.91 Å². The van der Waals surface area contributed by atoms with Crippen molar-refractivity contribution in [1.82, 2.24) is 5.32 Å². The average Bonchev–Trinajstić information content (AvgIpc) is 3.28. The van der Waals surface area contributed by atoms with Crippen LogP contribution < -0.4 is 10.6 Å². The van der Waals surface area contributed by atoms with Gasteiger partial charge in [0.2, 0.25) is 0 Å². The van der Waals surface area contributed by atoms with E-state index in [0.29, 0.717) is 18.0 Å². The van der Waals surface area contributed by atoms with Crippen LogP contribution in [-0.4, -0.2) is 18.0 Å². The van der Waals surface area contributed by atoms with Crippen molar-refractivity contribution >= 4 is 11.6 Å². The van der Waals surface area contributed by atoms with Gasteiger partial charge in [-0.05, 0) is 55.4 Å². The normalized spacial score (nSPS) is 29.0. The molecule has 3 rings (SSSR count). The summed E-state index contributed by atoms with van der Waals surface area (Å²) in [5.74, 6) is 1.56. The molecule has 0 radical (unpaired) electrons. The first-order chi connectivity index (χ1) is 10.1. The van der Waals surface area contributed by atoms with Crippen molar-refractivity contribution in [3.8, 4) is 0 Å². The summed E-state index contributed by atoms with van der Waals surface area (Å²) in [6.45, 7) is 4.70. The highest BCUT2D eigenvalue weighted by molar-refractivity contribution is 5.94. The lowest BCUT2D eigenvalue weighted by Crippen LogP contribution is -2.35. The van der Waals surface area contributed by atoms with Gasteiger partial charge in [-0.25, -0.2) is 0 Å². The molecule has 0 heterocycles. The molecule has 2 aliphatic rings. The lowest BCUT2D eigenvalue weighted by atomic mass is 9.78. The Kier molecular flexibility index (Phi) is 4.18. The van der Waals surface area contributed by atoms with Gasteiger partial charge in [-0.15, -0.1) is 0 Å². The summed E-state index contributed by atoms with van der Waals surface area (Å²) >= 11 is 0. The number of amides is 1. The Labute approximate surface area is 127 Å². The quantitative estimate of drug-likeness (QED) is 0.883. The van der Waals surface area contributed by atoms with Gasteiger partial charge >= 0.3 is 0 Å². The minimum absolute atomic E-state index is 0.0590. The molecule has 0 bridgehead atoms. The zero-order valence-corrected chi connectivity index (χ0v) is 13.1.